The number of piperidine rings is 2. The van der Waals surface area contributed by atoms with E-state index in [1.165, 1.54) is 29.3 Å². The first-order chi connectivity index (χ1) is 20.5. The van der Waals surface area contributed by atoms with Gasteiger partial charge in [0.1, 0.15) is 0 Å². The van der Waals surface area contributed by atoms with Crippen molar-refractivity contribution in [1.29, 1.82) is 0 Å². The number of halogens is 4. The molecule has 2 amide bonds. The van der Waals surface area contributed by atoms with Crippen LogP contribution in [0.15, 0.2) is 65.3 Å². The van der Waals surface area contributed by atoms with Gasteiger partial charge >= 0.3 is 6.18 Å². The molecule has 0 spiro atoms. The van der Waals surface area contributed by atoms with E-state index < -0.39 is 23.2 Å². The lowest BCUT2D eigenvalue weighted by atomic mass is 9.78. The van der Waals surface area contributed by atoms with Gasteiger partial charge < -0.3 is 24.3 Å². The minimum Gasteiger partial charge on any atom is -0.371 e. The molecule has 8 nitrogen and oxygen atoms in total. The van der Waals surface area contributed by atoms with E-state index in [1.807, 2.05) is 6.07 Å². The van der Waals surface area contributed by atoms with E-state index in [-0.39, 0.29) is 31.5 Å². The Kier molecular flexibility index (Phi) is 9.03. The minimum absolute atomic E-state index is 0.172. The van der Waals surface area contributed by atoms with Crippen molar-refractivity contribution >= 4 is 29.1 Å². The Morgan fingerprint density at radius 3 is 2.19 bits per heavy atom. The Balaban J connectivity index is 1.15. The molecular weight excluding hydrogens is 585 g/mol. The zero-order valence-corrected chi connectivity index (χ0v) is 24.5. The molecule has 3 heterocycles. The third-order valence-electron chi connectivity index (χ3n) is 8.72. The van der Waals surface area contributed by atoms with Crippen LogP contribution in [0.3, 0.4) is 0 Å². The molecule has 43 heavy (non-hydrogen) atoms. The molecule has 0 radical (unpaired) electrons. The quantitative estimate of drug-likeness (QED) is 0.376. The fourth-order valence-corrected chi connectivity index (χ4v) is 6.48. The lowest BCUT2D eigenvalue weighted by Crippen LogP contribution is -2.57. The largest absolute Gasteiger partial charge is 0.430 e. The van der Waals surface area contributed by atoms with Crippen molar-refractivity contribution in [3.63, 3.8) is 0 Å². The predicted molar refractivity (Wildman–Crippen MR) is 154 cm³/mol. The van der Waals surface area contributed by atoms with Crippen molar-refractivity contribution in [1.82, 2.24) is 15.0 Å². The Morgan fingerprint density at radius 2 is 1.63 bits per heavy atom. The number of nitrogens with zero attached hydrogens (tertiary/aromatic N) is 4. The van der Waals surface area contributed by atoms with Crippen LogP contribution in [0.2, 0.25) is 5.02 Å². The minimum atomic E-state index is -5.14. The van der Waals surface area contributed by atoms with E-state index in [2.05, 4.69) is 10.1 Å². The van der Waals surface area contributed by atoms with E-state index in [0.29, 0.717) is 35.1 Å². The molecule has 12 heteroatoms. The summed E-state index contributed by atoms with van der Waals surface area (Å²) in [6.45, 7) is 2.17. The Bertz CT molecular complexity index is 1410. The molecule has 1 aromatic heterocycles. The number of hydrogen-bond donors (Lipinski definition) is 1. The van der Waals surface area contributed by atoms with Crippen LogP contribution in [0, 0.1) is 11.8 Å². The van der Waals surface area contributed by atoms with Crippen LogP contribution in [0.5, 0.6) is 0 Å². The standard InChI is InChI=1S/C31H34ClF3N4O4/c1-37(20-25-9-14-36-43-25)28(40)26-8-7-24(19-27(26)32)38-15-10-21(11-16-38)22-12-17-39(18-13-22)29(41)30(42,31(33,34)35)23-5-3-2-4-6-23/h2-9,14,19,21-22,42H,10-13,15-18,20H2,1H3. The van der Waals surface area contributed by atoms with Gasteiger partial charge in [0.15, 0.2) is 5.76 Å². The van der Waals surface area contributed by atoms with E-state index in [9.17, 15) is 27.9 Å². The molecule has 2 aliphatic heterocycles. The summed E-state index contributed by atoms with van der Waals surface area (Å²) in [7, 11) is 1.67. The highest BCUT2D eigenvalue weighted by Crippen LogP contribution is 2.42. The monoisotopic (exact) mass is 618 g/mol. The average molecular weight is 619 g/mol. The third-order valence-corrected chi connectivity index (χ3v) is 9.04. The first kappa shape index (κ1) is 30.9. The molecule has 3 aromatic rings. The van der Waals surface area contributed by atoms with Gasteiger partial charge in [-0.05, 0) is 55.7 Å². The number of hydrogen-bond acceptors (Lipinski definition) is 6. The Morgan fingerprint density at radius 1 is 1.00 bits per heavy atom. The van der Waals surface area contributed by atoms with Crippen molar-refractivity contribution < 1.29 is 32.4 Å². The highest BCUT2D eigenvalue weighted by Gasteiger charge is 2.62. The van der Waals surface area contributed by atoms with Crippen LogP contribution in [0.25, 0.3) is 0 Å². The van der Waals surface area contributed by atoms with Crippen LogP contribution in [0.1, 0.15) is 47.4 Å². The highest BCUT2D eigenvalue weighted by atomic mass is 35.5. The Labute approximate surface area is 253 Å². The van der Waals surface area contributed by atoms with Gasteiger partial charge in [0.25, 0.3) is 17.4 Å². The van der Waals surface area contributed by atoms with Gasteiger partial charge in [0, 0.05) is 50.5 Å². The van der Waals surface area contributed by atoms with Crippen molar-refractivity contribution in [2.45, 2.75) is 44.0 Å². The maximum Gasteiger partial charge on any atom is 0.430 e. The summed E-state index contributed by atoms with van der Waals surface area (Å²) in [5.41, 5.74) is -2.72. The molecule has 5 rings (SSSR count). The maximum absolute atomic E-state index is 14.0. The summed E-state index contributed by atoms with van der Waals surface area (Å²) in [5, 5.41) is 14.7. The predicted octanol–water partition coefficient (Wildman–Crippen LogP) is 5.51. The molecule has 2 aromatic carbocycles. The van der Waals surface area contributed by atoms with E-state index >= 15 is 0 Å². The summed E-state index contributed by atoms with van der Waals surface area (Å²) < 4.78 is 47.1. The molecule has 1 unspecified atom stereocenters. The second-order valence-corrected chi connectivity index (χ2v) is 11.7. The number of anilines is 1. The number of carbonyl (C=O) groups excluding carboxylic acids is 2. The summed E-state index contributed by atoms with van der Waals surface area (Å²) in [5.74, 6) is -0.314. The van der Waals surface area contributed by atoms with Crippen molar-refractivity contribution in [2.24, 2.45) is 11.8 Å². The maximum atomic E-state index is 14.0. The Hall–Kier alpha value is -3.57. The van der Waals surface area contributed by atoms with Gasteiger partial charge in [-0.1, -0.05) is 47.1 Å². The summed E-state index contributed by atoms with van der Waals surface area (Å²) in [4.78, 5) is 30.9. The van der Waals surface area contributed by atoms with Crippen LogP contribution >= 0.6 is 11.6 Å². The molecule has 0 bridgehead atoms. The molecular formula is C31H34ClF3N4O4. The van der Waals surface area contributed by atoms with Crippen molar-refractivity contribution in [2.75, 3.05) is 38.1 Å². The number of carbonyl (C=O) groups is 2. The van der Waals surface area contributed by atoms with Gasteiger partial charge in [0.05, 0.1) is 23.3 Å². The summed E-state index contributed by atoms with van der Waals surface area (Å²) in [6.07, 6.45) is -0.655. The number of aromatic nitrogens is 1. The number of benzene rings is 2. The first-order valence-electron chi connectivity index (χ1n) is 14.3. The van der Waals surface area contributed by atoms with Crippen LogP contribution in [-0.2, 0) is 16.9 Å². The zero-order valence-electron chi connectivity index (χ0n) is 23.8. The number of alkyl halides is 3. The normalized spacial score (nSPS) is 18.4. The number of amides is 2. The molecule has 1 atom stereocenters. The summed E-state index contributed by atoms with van der Waals surface area (Å²) >= 11 is 6.53. The highest BCUT2D eigenvalue weighted by molar-refractivity contribution is 6.34. The SMILES string of the molecule is CN(Cc1ccno1)C(=O)c1ccc(N2CCC(C3CCN(C(=O)C(O)(c4ccccc4)C(F)(F)F)CC3)CC2)cc1Cl. The molecule has 2 aliphatic rings. The van der Waals surface area contributed by atoms with Crippen LogP contribution in [0.4, 0.5) is 18.9 Å². The molecule has 1 N–H and O–H groups in total. The van der Waals surface area contributed by atoms with E-state index in [1.54, 1.807) is 25.2 Å². The van der Waals surface area contributed by atoms with Crippen molar-refractivity contribution in [3.8, 4) is 0 Å². The fourth-order valence-electron chi connectivity index (χ4n) is 6.23. The van der Waals surface area contributed by atoms with E-state index in [4.69, 9.17) is 16.1 Å². The molecule has 2 fully saturated rings. The van der Waals surface area contributed by atoms with Gasteiger partial charge in [-0.25, -0.2) is 0 Å². The second-order valence-electron chi connectivity index (χ2n) is 11.3. The second kappa shape index (κ2) is 12.6. The van der Waals surface area contributed by atoms with Crippen LogP contribution < -0.4 is 4.90 Å². The van der Waals surface area contributed by atoms with Gasteiger partial charge in [-0.3, -0.25) is 9.59 Å². The molecule has 2 saturated heterocycles. The average Bonchev–Trinajstić information content (AvgIpc) is 3.53. The fraction of sp³-hybridized carbons (Fsp3) is 0.452. The third kappa shape index (κ3) is 6.38. The number of rotatable bonds is 7. The number of likely N-dealkylation sites (tertiary alicyclic amines) is 1. The van der Waals surface area contributed by atoms with E-state index in [0.717, 1.165) is 48.7 Å². The smallest absolute Gasteiger partial charge is 0.371 e. The first-order valence-corrected chi connectivity index (χ1v) is 14.7. The summed E-state index contributed by atoms with van der Waals surface area (Å²) in [6, 6.07) is 13.7. The van der Waals surface area contributed by atoms with Crippen LogP contribution in [-0.4, -0.2) is 71.3 Å². The molecule has 0 saturated carbocycles. The van der Waals surface area contributed by atoms with Gasteiger partial charge in [0.2, 0.25) is 0 Å². The lowest BCUT2D eigenvalue weighted by molar-refractivity contribution is -0.262. The number of aliphatic hydroxyl groups is 1. The van der Waals surface area contributed by atoms with Gasteiger partial charge in [-0.15, -0.1) is 0 Å². The lowest BCUT2D eigenvalue weighted by Gasteiger charge is -2.42. The van der Waals surface area contributed by atoms with Crippen molar-refractivity contribution in [3.05, 3.63) is 82.7 Å². The molecule has 0 aliphatic carbocycles. The zero-order chi connectivity index (χ0) is 30.8. The topological polar surface area (TPSA) is 90.1 Å². The van der Waals surface area contributed by atoms with Gasteiger partial charge in [-0.2, -0.15) is 13.2 Å². The molecule has 230 valence electrons.